The predicted octanol–water partition coefficient (Wildman–Crippen LogP) is 3.01. The zero-order valence-electron chi connectivity index (χ0n) is 10.3. The Morgan fingerprint density at radius 2 is 2.00 bits per heavy atom. The van der Waals surface area contributed by atoms with Crippen molar-refractivity contribution in [2.45, 2.75) is 32.6 Å². The van der Waals surface area contributed by atoms with Crippen LogP contribution in [0.15, 0.2) is 10.5 Å². The second kappa shape index (κ2) is 4.50. The first kappa shape index (κ1) is 12.7. The predicted molar refractivity (Wildman–Crippen MR) is 69.8 cm³/mol. The molecule has 0 aliphatic carbocycles. The molecular formula is C13H17BrO3. The van der Waals surface area contributed by atoms with Crippen LogP contribution in [0.1, 0.15) is 31.9 Å². The van der Waals surface area contributed by atoms with Crippen molar-refractivity contribution in [1.29, 1.82) is 0 Å². The van der Waals surface area contributed by atoms with Gasteiger partial charge in [-0.25, -0.2) is 0 Å². The van der Waals surface area contributed by atoms with Gasteiger partial charge in [-0.1, -0.05) is 20.8 Å². The summed E-state index contributed by atoms with van der Waals surface area (Å²) >= 11 is 3.50. The van der Waals surface area contributed by atoms with Crippen LogP contribution in [-0.2, 0) is 11.8 Å². The van der Waals surface area contributed by atoms with E-state index in [-0.39, 0.29) is 18.8 Å². The molecule has 0 fully saturated rings. The molecule has 1 N–H and O–H groups in total. The maximum atomic E-state index is 9.52. The molecule has 1 aliphatic heterocycles. The molecule has 0 unspecified atom stereocenters. The lowest BCUT2D eigenvalue weighted by atomic mass is 9.81. The number of aliphatic hydroxyl groups excluding tert-OH is 1. The molecule has 0 aromatic heterocycles. The van der Waals surface area contributed by atoms with E-state index in [4.69, 9.17) is 9.47 Å². The Bertz CT molecular complexity index is 441. The molecule has 0 saturated heterocycles. The Labute approximate surface area is 110 Å². The van der Waals surface area contributed by atoms with Crippen molar-refractivity contribution in [2.24, 2.45) is 0 Å². The van der Waals surface area contributed by atoms with Crippen LogP contribution < -0.4 is 9.47 Å². The summed E-state index contributed by atoms with van der Waals surface area (Å²) in [4.78, 5) is 0. The monoisotopic (exact) mass is 300 g/mol. The number of hydrogen-bond acceptors (Lipinski definition) is 3. The van der Waals surface area contributed by atoms with Crippen LogP contribution in [0.4, 0.5) is 0 Å². The number of rotatable bonds is 3. The molecule has 1 aromatic carbocycles. The summed E-state index contributed by atoms with van der Waals surface area (Å²) in [5.74, 6) is 1.60. The van der Waals surface area contributed by atoms with Gasteiger partial charge in [-0.05, 0) is 34.0 Å². The van der Waals surface area contributed by atoms with Crippen LogP contribution in [0.3, 0.4) is 0 Å². The molecule has 1 aliphatic rings. The lowest BCUT2D eigenvalue weighted by Gasteiger charge is -2.26. The number of aliphatic hydroxyl groups is 1. The van der Waals surface area contributed by atoms with E-state index in [2.05, 4.69) is 22.9 Å². The van der Waals surface area contributed by atoms with Gasteiger partial charge in [0.15, 0.2) is 11.5 Å². The van der Waals surface area contributed by atoms with Gasteiger partial charge in [-0.3, -0.25) is 0 Å². The molecule has 0 amide bonds. The lowest BCUT2D eigenvalue weighted by Crippen LogP contribution is -2.24. The SMILES string of the molecule is CCc1c(C(C)(C)CO)cc(Br)c2c1OCO2. The number of benzene rings is 1. The third-order valence-corrected chi connectivity index (χ3v) is 3.77. The molecule has 94 valence electrons. The molecule has 0 radical (unpaired) electrons. The van der Waals surface area contributed by atoms with Gasteiger partial charge in [0.2, 0.25) is 6.79 Å². The van der Waals surface area contributed by atoms with Crippen molar-refractivity contribution in [1.82, 2.24) is 0 Å². The highest BCUT2D eigenvalue weighted by Gasteiger charge is 2.30. The minimum Gasteiger partial charge on any atom is -0.453 e. The van der Waals surface area contributed by atoms with Gasteiger partial charge in [0.1, 0.15) is 0 Å². The van der Waals surface area contributed by atoms with Crippen LogP contribution in [0.5, 0.6) is 11.5 Å². The first-order chi connectivity index (χ1) is 8.01. The van der Waals surface area contributed by atoms with Gasteiger partial charge < -0.3 is 14.6 Å². The Morgan fingerprint density at radius 1 is 1.35 bits per heavy atom. The first-order valence-corrected chi connectivity index (χ1v) is 6.53. The maximum absolute atomic E-state index is 9.52. The summed E-state index contributed by atoms with van der Waals surface area (Å²) in [7, 11) is 0. The molecule has 1 aromatic rings. The molecule has 0 saturated carbocycles. The minimum absolute atomic E-state index is 0.103. The third kappa shape index (κ3) is 2.04. The van der Waals surface area contributed by atoms with Crippen molar-refractivity contribution < 1.29 is 14.6 Å². The molecule has 4 heteroatoms. The Kier molecular flexibility index (Phi) is 3.36. The van der Waals surface area contributed by atoms with E-state index >= 15 is 0 Å². The maximum Gasteiger partial charge on any atom is 0.231 e. The van der Waals surface area contributed by atoms with Gasteiger partial charge >= 0.3 is 0 Å². The number of fused-ring (bicyclic) bond motifs is 1. The van der Waals surface area contributed by atoms with E-state index in [1.165, 1.54) is 0 Å². The van der Waals surface area contributed by atoms with Gasteiger partial charge in [0.25, 0.3) is 0 Å². The summed E-state index contributed by atoms with van der Waals surface area (Å²) in [6.07, 6.45) is 0.859. The molecule has 0 spiro atoms. The molecule has 3 nitrogen and oxygen atoms in total. The summed E-state index contributed by atoms with van der Waals surface area (Å²) < 4.78 is 11.9. The van der Waals surface area contributed by atoms with Crippen LogP contribution in [0.2, 0.25) is 0 Å². The fraction of sp³-hybridized carbons (Fsp3) is 0.538. The van der Waals surface area contributed by atoms with Crippen LogP contribution in [0.25, 0.3) is 0 Å². The smallest absolute Gasteiger partial charge is 0.231 e. The van der Waals surface area contributed by atoms with Crippen LogP contribution >= 0.6 is 15.9 Å². The van der Waals surface area contributed by atoms with Gasteiger partial charge in [-0.15, -0.1) is 0 Å². The van der Waals surface area contributed by atoms with Crippen molar-refractivity contribution in [3.05, 3.63) is 21.7 Å². The largest absolute Gasteiger partial charge is 0.453 e. The number of ether oxygens (including phenoxy) is 2. The third-order valence-electron chi connectivity index (χ3n) is 3.18. The highest BCUT2D eigenvalue weighted by Crippen LogP contribution is 2.46. The fourth-order valence-electron chi connectivity index (χ4n) is 2.12. The second-order valence-corrected chi connectivity index (χ2v) is 5.70. The molecule has 1 heterocycles. The summed E-state index contributed by atoms with van der Waals surface area (Å²) in [6.45, 7) is 6.50. The second-order valence-electron chi connectivity index (χ2n) is 4.84. The average molecular weight is 301 g/mol. The summed E-state index contributed by atoms with van der Waals surface area (Å²) in [5, 5.41) is 9.52. The van der Waals surface area contributed by atoms with E-state index in [0.29, 0.717) is 0 Å². The zero-order valence-corrected chi connectivity index (χ0v) is 11.9. The van der Waals surface area contributed by atoms with Crippen molar-refractivity contribution >= 4 is 15.9 Å². The first-order valence-electron chi connectivity index (χ1n) is 5.73. The Morgan fingerprint density at radius 3 is 2.59 bits per heavy atom. The Hall–Kier alpha value is -0.740. The van der Waals surface area contributed by atoms with E-state index in [9.17, 15) is 5.11 Å². The van der Waals surface area contributed by atoms with Gasteiger partial charge in [-0.2, -0.15) is 0 Å². The zero-order chi connectivity index (χ0) is 12.6. The van der Waals surface area contributed by atoms with Gasteiger partial charge in [0.05, 0.1) is 11.1 Å². The highest BCUT2D eigenvalue weighted by atomic mass is 79.9. The normalized spacial score (nSPS) is 14.2. The van der Waals surface area contributed by atoms with E-state index < -0.39 is 0 Å². The highest BCUT2D eigenvalue weighted by molar-refractivity contribution is 9.10. The van der Waals surface area contributed by atoms with E-state index in [1.54, 1.807) is 0 Å². The fourth-order valence-corrected chi connectivity index (χ4v) is 2.65. The Balaban J connectivity index is 2.65. The van der Waals surface area contributed by atoms with E-state index in [1.807, 2.05) is 19.9 Å². The molecule has 0 bridgehead atoms. The topological polar surface area (TPSA) is 38.7 Å². The van der Waals surface area contributed by atoms with Crippen molar-refractivity contribution in [2.75, 3.05) is 13.4 Å². The number of hydrogen-bond donors (Lipinski definition) is 1. The molecule has 17 heavy (non-hydrogen) atoms. The van der Waals surface area contributed by atoms with Crippen molar-refractivity contribution in [3.8, 4) is 11.5 Å². The summed E-state index contributed by atoms with van der Waals surface area (Å²) in [5.41, 5.74) is 1.95. The van der Waals surface area contributed by atoms with Crippen LogP contribution in [0, 0.1) is 0 Å². The van der Waals surface area contributed by atoms with Crippen LogP contribution in [-0.4, -0.2) is 18.5 Å². The molecule has 2 rings (SSSR count). The molecule has 0 atom stereocenters. The quantitative estimate of drug-likeness (QED) is 0.932. The average Bonchev–Trinajstić information content (AvgIpc) is 2.78. The summed E-state index contributed by atoms with van der Waals surface area (Å²) in [6, 6.07) is 2.03. The number of halogens is 1. The lowest BCUT2D eigenvalue weighted by molar-refractivity contribution is 0.172. The van der Waals surface area contributed by atoms with E-state index in [0.717, 1.165) is 33.5 Å². The standard InChI is InChI=1S/C13H17BrO3/c1-4-8-9(13(2,3)6-15)5-10(14)12-11(8)16-7-17-12/h5,15H,4,6-7H2,1-3H3. The van der Waals surface area contributed by atoms with Gasteiger partial charge in [0, 0.05) is 11.0 Å². The van der Waals surface area contributed by atoms with Crippen molar-refractivity contribution in [3.63, 3.8) is 0 Å². The molecular weight excluding hydrogens is 284 g/mol. The minimum atomic E-state index is -0.283.